The van der Waals surface area contributed by atoms with Gasteiger partial charge < -0.3 is 4.90 Å². The molecule has 1 saturated heterocycles. The van der Waals surface area contributed by atoms with E-state index in [9.17, 15) is 0 Å². The number of anilines is 1. The number of rotatable bonds is 1. The molecular weight excluding hydrogens is 230 g/mol. The van der Waals surface area contributed by atoms with Gasteiger partial charge in [-0.3, -0.25) is 0 Å². The Kier molecular flexibility index (Phi) is 3.07. The van der Waals surface area contributed by atoms with Crippen LogP contribution in [0.25, 0.3) is 0 Å². The molecule has 0 N–H and O–H groups in total. The van der Waals surface area contributed by atoms with Crippen molar-refractivity contribution in [2.45, 2.75) is 51.9 Å². The van der Waals surface area contributed by atoms with E-state index < -0.39 is 0 Å². The Morgan fingerprint density at radius 3 is 2.59 bits per heavy atom. The Hall–Kier alpha value is -0.640. The lowest BCUT2D eigenvalue weighted by atomic mass is 9.69. The van der Waals surface area contributed by atoms with E-state index in [2.05, 4.69) is 14.3 Å². The molecule has 0 bridgehead atoms. The van der Waals surface area contributed by atoms with Crippen molar-refractivity contribution in [1.82, 2.24) is 9.36 Å². The summed E-state index contributed by atoms with van der Waals surface area (Å²) < 4.78 is 4.31. The first kappa shape index (κ1) is 11.5. The lowest BCUT2D eigenvalue weighted by molar-refractivity contribution is 0.156. The van der Waals surface area contributed by atoms with Gasteiger partial charge in [-0.15, -0.1) is 0 Å². The Bertz CT molecular complexity index is 376. The fourth-order valence-corrected chi connectivity index (χ4v) is 4.19. The second kappa shape index (κ2) is 4.56. The van der Waals surface area contributed by atoms with Gasteiger partial charge in [0.15, 0.2) is 0 Å². The maximum Gasteiger partial charge on any atom is 0.205 e. The summed E-state index contributed by atoms with van der Waals surface area (Å²) in [4.78, 5) is 7.03. The quantitative estimate of drug-likeness (QED) is 0.766. The van der Waals surface area contributed by atoms with E-state index in [4.69, 9.17) is 0 Å². The van der Waals surface area contributed by atoms with Crippen LogP contribution >= 0.6 is 11.5 Å². The fraction of sp³-hybridized carbons (Fsp3) is 0.846. The molecule has 0 aromatic carbocycles. The van der Waals surface area contributed by atoms with Crippen LogP contribution in [0.5, 0.6) is 0 Å². The van der Waals surface area contributed by atoms with Crippen molar-refractivity contribution >= 4 is 16.7 Å². The summed E-state index contributed by atoms with van der Waals surface area (Å²) >= 11 is 1.57. The van der Waals surface area contributed by atoms with E-state index in [1.165, 1.54) is 58.0 Å². The second-order valence-corrected chi connectivity index (χ2v) is 6.44. The van der Waals surface area contributed by atoms with Crippen LogP contribution in [0, 0.1) is 12.3 Å². The van der Waals surface area contributed by atoms with E-state index in [-0.39, 0.29) is 0 Å². The summed E-state index contributed by atoms with van der Waals surface area (Å²) in [6, 6.07) is 0. The van der Waals surface area contributed by atoms with Crippen molar-refractivity contribution in [3.63, 3.8) is 0 Å². The van der Waals surface area contributed by atoms with E-state index in [0.29, 0.717) is 5.41 Å². The summed E-state index contributed by atoms with van der Waals surface area (Å²) in [6.45, 7) is 4.39. The van der Waals surface area contributed by atoms with Gasteiger partial charge in [-0.2, -0.15) is 4.37 Å². The lowest BCUT2D eigenvalue weighted by Crippen LogP contribution is -2.44. The molecule has 1 spiro atoms. The summed E-state index contributed by atoms with van der Waals surface area (Å²) in [5, 5.41) is 1.15. The van der Waals surface area contributed by atoms with Gasteiger partial charge in [0, 0.05) is 24.6 Å². The maximum atomic E-state index is 4.55. The van der Waals surface area contributed by atoms with Gasteiger partial charge in [0.25, 0.3) is 0 Å². The zero-order chi connectivity index (χ0) is 11.7. The van der Waals surface area contributed by atoms with Gasteiger partial charge in [0.05, 0.1) is 0 Å². The van der Waals surface area contributed by atoms with Crippen LogP contribution in [0.3, 0.4) is 0 Å². The van der Waals surface area contributed by atoms with Gasteiger partial charge in [-0.05, 0) is 38.0 Å². The van der Waals surface area contributed by atoms with Crippen molar-refractivity contribution in [2.24, 2.45) is 5.41 Å². The van der Waals surface area contributed by atoms with Crippen LogP contribution in [0.4, 0.5) is 5.13 Å². The van der Waals surface area contributed by atoms with Gasteiger partial charge in [-0.1, -0.05) is 19.3 Å². The fourth-order valence-electron chi connectivity index (χ4n) is 3.50. The van der Waals surface area contributed by atoms with Gasteiger partial charge >= 0.3 is 0 Å². The molecule has 4 heteroatoms. The highest BCUT2D eigenvalue weighted by Crippen LogP contribution is 2.44. The molecule has 2 heterocycles. The molecule has 1 aliphatic heterocycles. The van der Waals surface area contributed by atoms with Crippen molar-refractivity contribution in [2.75, 3.05) is 18.0 Å². The number of hydrogen-bond donors (Lipinski definition) is 0. The third kappa shape index (κ3) is 2.32. The molecule has 94 valence electrons. The molecule has 1 aromatic rings. The average Bonchev–Trinajstić information content (AvgIpc) is 2.77. The van der Waals surface area contributed by atoms with E-state index in [1.54, 1.807) is 11.5 Å². The number of aryl methyl sites for hydroxylation is 1. The minimum Gasteiger partial charge on any atom is -0.346 e. The first-order valence-electron chi connectivity index (χ1n) is 6.83. The molecule has 2 aliphatic rings. The predicted octanol–water partition coefficient (Wildman–Crippen LogP) is 3.40. The van der Waals surface area contributed by atoms with Crippen LogP contribution in [0.2, 0.25) is 0 Å². The predicted molar refractivity (Wildman–Crippen MR) is 71.6 cm³/mol. The van der Waals surface area contributed by atoms with Crippen LogP contribution in [0.15, 0.2) is 0 Å². The third-order valence-corrected chi connectivity index (χ3v) is 5.23. The van der Waals surface area contributed by atoms with Crippen LogP contribution in [0.1, 0.15) is 50.8 Å². The number of aromatic nitrogens is 2. The van der Waals surface area contributed by atoms with Gasteiger partial charge in [0.1, 0.15) is 5.82 Å². The van der Waals surface area contributed by atoms with Crippen molar-refractivity contribution < 1.29 is 0 Å². The number of piperidine rings is 1. The van der Waals surface area contributed by atoms with Gasteiger partial charge in [-0.25, -0.2) is 4.98 Å². The number of hydrogen-bond acceptors (Lipinski definition) is 4. The minimum atomic E-state index is 0.607. The highest BCUT2D eigenvalue weighted by molar-refractivity contribution is 7.09. The maximum absolute atomic E-state index is 4.55. The van der Waals surface area contributed by atoms with E-state index in [1.807, 2.05) is 6.92 Å². The first-order chi connectivity index (χ1) is 8.27. The first-order valence-corrected chi connectivity index (χ1v) is 7.60. The summed E-state index contributed by atoms with van der Waals surface area (Å²) in [7, 11) is 0. The second-order valence-electron chi connectivity index (χ2n) is 5.71. The molecule has 3 rings (SSSR count). The topological polar surface area (TPSA) is 29.0 Å². The molecule has 0 unspecified atom stereocenters. The Balaban J connectivity index is 1.74. The highest BCUT2D eigenvalue weighted by Gasteiger charge is 2.37. The normalized spacial score (nSPS) is 24.2. The Morgan fingerprint density at radius 2 is 1.88 bits per heavy atom. The Morgan fingerprint density at radius 1 is 1.12 bits per heavy atom. The zero-order valence-electron chi connectivity index (χ0n) is 10.6. The summed E-state index contributed by atoms with van der Waals surface area (Å²) in [6.07, 6.45) is 9.94. The van der Waals surface area contributed by atoms with E-state index >= 15 is 0 Å². The Labute approximate surface area is 107 Å². The van der Waals surface area contributed by atoms with Crippen molar-refractivity contribution in [1.29, 1.82) is 0 Å². The van der Waals surface area contributed by atoms with Crippen LogP contribution < -0.4 is 4.90 Å². The highest BCUT2D eigenvalue weighted by atomic mass is 32.1. The molecule has 1 aromatic heterocycles. The van der Waals surface area contributed by atoms with Crippen LogP contribution in [-0.2, 0) is 0 Å². The monoisotopic (exact) mass is 251 g/mol. The van der Waals surface area contributed by atoms with E-state index in [0.717, 1.165) is 11.0 Å². The molecule has 2 fully saturated rings. The largest absolute Gasteiger partial charge is 0.346 e. The molecule has 1 aliphatic carbocycles. The third-order valence-electron chi connectivity index (χ3n) is 4.36. The van der Waals surface area contributed by atoms with Crippen LogP contribution in [-0.4, -0.2) is 22.4 Å². The molecule has 0 amide bonds. The minimum absolute atomic E-state index is 0.607. The molecule has 3 nitrogen and oxygen atoms in total. The molecular formula is C13H21N3S. The molecule has 17 heavy (non-hydrogen) atoms. The van der Waals surface area contributed by atoms with Crippen molar-refractivity contribution in [3.8, 4) is 0 Å². The number of nitrogens with zero attached hydrogens (tertiary/aromatic N) is 3. The SMILES string of the molecule is Cc1nsc(N2CCCC3(CCCCC3)C2)n1. The smallest absolute Gasteiger partial charge is 0.205 e. The molecule has 0 atom stereocenters. The lowest BCUT2D eigenvalue weighted by Gasteiger charge is -2.45. The van der Waals surface area contributed by atoms with Gasteiger partial charge in [0.2, 0.25) is 5.13 Å². The molecule has 1 saturated carbocycles. The standard InChI is InChI=1S/C13H21N3S/c1-11-14-12(17-15-11)16-9-5-8-13(10-16)6-3-2-4-7-13/h2-10H2,1H3. The van der Waals surface area contributed by atoms with Crippen molar-refractivity contribution in [3.05, 3.63) is 5.82 Å². The molecule has 0 radical (unpaired) electrons. The summed E-state index contributed by atoms with van der Waals surface area (Å²) in [5.41, 5.74) is 0.607. The zero-order valence-corrected chi connectivity index (χ0v) is 11.4. The summed E-state index contributed by atoms with van der Waals surface area (Å²) in [5.74, 6) is 0.924. The average molecular weight is 251 g/mol.